The van der Waals surface area contributed by atoms with Gasteiger partial charge in [-0.15, -0.1) is 0 Å². The number of aromatic nitrogens is 1. The lowest BCUT2D eigenvalue weighted by Crippen LogP contribution is -2.17. The molecule has 1 heterocycles. The van der Waals surface area contributed by atoms with Gasteiger partial charge in [-0.2, -0.15) is 0 Å². The van der Waals surface area contributed by atoms with Crippen molar-refractivity contribution in [1.82, 2.24) is 4.57 Å². The van der Waals surface area contributed by atoms with Crippen LogP contribution in [0.4, 0.5) is 0 Å². The third kappa shape index (κ3) is 3.95. The lowest BCUT2D eigenvalue weighted by atomic mass is 10.1. The number of sulfonamides is 1. The number of Topliss-reactive ketones (excluding diaryl/α,β-unsaturated/α-hetero) is 1. The van der Waals surface area contributed by atoms with Gasteiger partial charge < -0.3 is 14.0 Å². The number of carbonyl (C=O) groups excluding carboxylic acids is 2. The van der Waals surface area contributed by atoms with Crippen LogP contribution in [0, 0.1) is 13.8 Å². The largest absolute Gasteiger partial charge is 0.495 e. The van der Waals surface area contributed by atoms with Crippen molar-refractivity contribution < 1.29 is 27.5 Å². The van der Waals surface area contributed by atoms with Gasteiger partial charge in [-0.05, 0) is 51.0 Å². The molecule has 0 bridgehead atoms. The van der Waals surface area contributed by atoms with Gasteiger partial charge in [0.25, 0.3) is 0 Å². The number of hydrogen-bond donors (Lipinski definition) is 1. The lowest BCUT2D eigenvalue weighted by molar-refractivity contribution is 0.0474. The van der Waals surface area contributed by atoms with Crippen LogP contribution >= 0.6 is 0 Å². The van der Waals surface area contributed by atoms with Crippen molar-refractivity contribution in [2.45, 2.75) is 37.6 Å². The minimum atomic E-state index is -4.09. The van der Waals surface area contributed by atoms with Crippen LogP contribution in [0.3, 0.4) is 0 Å². The summed E-state index contributed by atoms with van der Waals surface area (Å²) in [4.78, 5) is 24.5. The van der Waals surface area contributed by atoms with Gasteiger partial charge in [-0.1, -0.05) is 0 Å². The van der Waals surface area contributed by atoms with E-state index in [1.54, 1.807) is 6.07 Å². The molecule has 0 amide bonds. The summed E-state index contributed by atoms with van der Waals surface area (Å²) in [6.45, 7) is 3.38. The number of hydrogen-bond acceptors (Lipinski definition) is 6. The Morgan fingerprint density at radius 2 is 1.89 bits per heavy atom. The highest BCUT2D eigenvalue weighted by Gasteiger charge is 2.28. The van der Waals surface area contributed by atoms with E-state index in [1.807, 2.05) is 13.8 Å². The van der Waals surface area contributed by atoms with Crippen molar-refractivity contribution in [2.24, 2.45) is 5.14 Å². The molecule has 0 radical (unpaired) electrons. The number of rotatable bonds is 7. The SMILES string of the molecule is COc1ccc(C(=O)OCC(=O)c2cc(C)n(C3CC3)c2C)cc1S(N)(=O)=O. The van der Waals surface area contributed by atoms with E-state index in [0.717, 1.165) is 30.3 Å². The van der Waals surface area contributed by atoms with E-state index >= 15 is 0 Å². The molecule has 28 heavy (non-hydrogen) atoms. The zero-order valence-electron chi connectivity index (χ0n) is 15.9. The quantitative estimate of drug-likeness (QED) is 0.556. The van der Waals surface area contributed by atoms with Gasteiger partial charge in [0.1, 0.15) is 10.6 Å². The average molecular weight is 406 g/mol. The molecule has 1 fully saturated rings. The Morgan fingerprint density at radius 3 is 2.46 bits per heavy atom. The van der Waals surface area contributed by atoms with E-state index < -0.39 is 22.6 Å². The molecule has 2 aromatic rings. The molecule has 150 valence electrons. The first-order valence-electron chi connectivity index (χ1n) is 8.73. The van der Waals surface area contributed by atoms with Gasteiger partial charge in [0.05, 0.1) is 12.7 Å². The van der Waals surface area contributed by atoms with E-state index in [1.165, 1.54) is 19.2 Å². The zero-order valence-corrected chi connectivity index (χ0v) is 16.7. The molecular weight excluding hydrogens is 384 g/mol. The normalized spacial score (nSPS) is 14.0. The number of primary sulfonamides is 1. The topological polar surface area (TPSA) is 118 Å². The van der Waals surface area contributed by atoms with Crippen LogP contribution in [0.2, 0.25) is 0 Å². The molecule has 0 unspecified atom stereocenters. The fourth-order valence-electron chi connectivity index (χ4n) is 3.27. The predicted molar refractivity (Wildman–Crippen MR) is 101 cm³/mol. The third-order valence-electron chi connectivity index (χ3n) is 4.74. The van der Waals surface area contributed by atoms with Crippen molar-refractivity contribution in [3.8, 4) is 5.75 Å². The predicted octanol–water partition coefficient (Wildman–Crippen LogP) is 2.14. The fourth-order valence-corrected chi connectivity index (χ4v) is 4.00. The van der Waals surface area contributed by atoms with Crippen molar-refractivity contribution in [3.63, 3.8) is 0 Å². The molecule has 8 nitrogen and oxygen atoms in total. The zero-order chi connectivity index (χ0) is 20.6. The Labute approximate surface area is 163 Å². The Balaban J connectivity index is 1.74. The van der Waals surface area contributed by atoms with Gasteiger partial charge >= 0.3 is 5.97 Å². The molecule has 3 rings (SSSR count). The van der Waals surface area contributed by atoms with Crippen LogP contribution in [0.1, 0.15) is 51.0 Å². The van der Waals surface area contributed by atoms with Gasteiger partial charge in [0.2, 0.25) is 15.8 Å². The highest BCUT2D eigenvalue weighted by molar-refractivity contribution is 7.89. The molecule has 0 atom stereocenters. The molecule has 1 aromatic carbocycles. The summed E-state index contributed by atoms with van der Waals surface area (Å²) in [7, 11) is -2.80. The van der Waals surface area contributed by atoms with E-state index in [2.05, 4.69) is 4.57 Å². The van der Waals surface area contributed by atoms with Gasteiger partial charge in [-0.3, -0.25) is 4.79 Å². The minimum absolute atomic E-state index is 0.0163. The van der Waals surface area contributed by atoms with Crippen LogP contribution in [-0.2, 0) is 14.8 Å². The second kappa shape index (κ2) is 7.40. The smallest absolute Gasteiger partial charge is 0.338 e. The summed E-state index contributed by atoms with van der Waals surface area (Å²) in [5, 5.41) is 5.15. The molecule has 1 aromatic heterocycles. The fraction of sp³-hybridized carbons (Fsp3) is 0.368. The van der Waals surface area contributed by atoms with Crippen molar-refractivity contribution in [2.75, 3.05) is 13.7 Å². The number of benzene rings is 1. The summed E-state index contributed by atoms with van der Waals surface area (Å²) >= 11 is 0. The Morgan fingerprint density at radius 1 is 1.21 bits per heavy atom. The standard InChI is InChI=1S/C19H22N2O6S/c1-11-8-15(12(2)21(11)14-5-6-14)16(22)10-27-19(23)13-4-7-17(26-3)18(9-13)28(20,24)25/h4,7-9,14H,5-6,10H2,1-3H3,(H2,20,24,25). The monoisotopic (exact) mass is 406 g/mol. The summed E-state index contributed by atoms with van der Waals surface area (Å²) in [6.07, 6.45) is 2.20. The molecule has 2 N–H and O–H groups in total. The maximum absolute atomic E-state index is 12.5. The van der Waals surface area contributed by atoms with Crippen LogP contribution in [0.5, 0.6) is 5.75 Å². The van der Waals surface area contributed by atoms with E-state index in [4.69, 9.17) is 14.6 Å². The Kier molecular flexibility index (Phi) is 5.31. The number of carbonyl (C=O) groups is 2. The van der Waals surface area contributed by atoms with Gasteiger partial charge in [0, 0.05) is 23.0 Å². The summed E-state index contributed by atoms with van der Waals surface area (Å²) in [5.74, 6) is -1.12. The Hall–Kier alpha value is -2.65. The summed E-state index contributed by atoms with van der Waals surface area (Å²) in [5.41, 5.74) is 2.35. The lowest BCUT2D eigenvalue weighted by Gasteiger charge is -2.09. The van der Waals surface area contributed by atoms with E-state index in [9.17, 15) is 18.0 Å². The number of methoxy groups -OCH3 is 1. The number of nitrogens with two attached hydrogens (primary N) is 1. The highest BCUT2D eigenvalue weighted by atomic mass is 32.2. The van der Waals surface area contributed by atoms with Crippen molar-refractivity contribution >= 4 is 21.8 Å². The first-order valence-corrected chi connectivity index (χ1v) is 10.3. The Bertz CT molecular complexity index is 1050. The third-order valence-corrected chi connectivity index (χ3v) is 5.67. The first kappa shape index (κ1) is 20.1. The number of ether oxygens (including phenoxy) is 2. The van der Waals surface area contributed by atoms with Crippen LogP contribution in [-0.4, -0.2) is 38.5 Å². The second-order valence-electron chi connectivity index (χ2n) is 6.80. The van der Waals surface area contributed by atoms with Crippen LogP contribution in [0.25, 0.3) is 0 Å². The van der Waals surface area contributed by atoms with Crippen molar-refractivity contribution in [3.05, 3.63) is 46.8 Å². The molecular formula is C19H22N2O6S. The number of aryl methyl sites for hydroxylation is 1. The molecule has 0 aliphatic heterocycles. The summed E-state index contributed by atoms with van der Waals surface area (Å²) in [6, 6.07) is 5.97. The van der Waals surface area contributed by atoms with Gasteiger partial charge in [0.15, 0.2) is 6.61 Å². The number of nitrogens with zero attached hydrogens (tertiary/aromatic N) is 1. The van der Waals surface area contributed by atoms with Crippen molar-refractivity contribution in [1.29, 1.82) is 0 Å². The van der Waals surface area contributed by atoms with Crippen LogP contribution in [0.15, 0.2) is 29.2 Å². The molecule has 1 aliphatic rings. The highest BCUT2D eigenvalue weighted by Crippen LogP contribution is 2.38. The first-order chi connectivity index (χ1) is 13.1. The van der Waals surface area contributed by atoms with E-state index in [-0.39, 0.29) is 22.0 Å². The van der Waals surface area contributed by atoms with Crippen LogP contribution < -0.4 is 9.88 Å². The van der Waals surface area contributed by atoms with Gasteiger partial charge in [-0.25, -0.2) is 18.4 Å². The number of esters is 1. The summed E-state index contributed by atoms with van der Waals surface area (Å²) < 4.78 is 35.5. The minimum Gasteiger partial charge on any atom is -0.495 e. The molecule has 1 aliphatic carbocycles. The molecule has 9 heteroatoms. The maximum atomic E-state index is 12.5. The number of ketones is 1. The maximum Gasteiger partial charge on any atom is 0.338 e. The molecule has 0 spiro atoms. The molecule has 0 saturated heterocycles. The van der Waals surface area contributed by atoms with E-state index in [0.29, 0.717) is 11.6 Å². The average Bonchev–Trinajstić information content (AvgIpc) is 3.42. The molecule has 1 saturated carbocycles. The second-order valence-corrected chi connectivity index (χ2v) is 8.33.